The van der Waals surface area contributed by atoms with Gasteiger partial charge in [0.15, 0.2) is 0 Å². The molecule has 1 saturated heterocycles. The van der Waals surface area contributed by atoms with Crippen molar-refractivity contribution in [3.05, 3.63) is 105 Å². The molecule has 0 bridgehead atoms. The lowest BCUT2D eigenvalue weighted by molar-refractivity contribution is -0.0183. The predicted octanol–water partition coefficient (Wildman–Crippen LogP) is 4.36. The van der Waals surface area contributed by atoms with Gasteiger partial charge in [-0.1, -0.05) is 0 Å². The van der Waals surface area contributed by atoms with E-state index in [2.05, 4.69) is 20.2 Å². The Labute approximate surface area is 287 Å². The quantitative estimate of drug-likeness (QED) is 0.287. The van der Waals surface area contributed by atoms with Crippen molar-refractivity contribution < 1.29 is 23.5 Å². The molecule has 0 unspecified atom stereocenters. The zero-order valence-corrected chi connectivity index (χ0v) is 28.1. The summed E-state index contributed by atoms with van der Waals surface area (Å²) in [6.45, 7) is 8.54. The fourth-order valence-electron chi connectivity index (χ4n) is 6.11. The van der Waals surface area contributed by atoms with Gasteiger partial charge in [-0.25, -0.2) is 28.5 Å². The minimum Gasteiger partial charge on any atom is -0.444 e. The second-order valence-corrected chi connectivity index (χ2v) is 14.0. The molecule has 0 radical (unpaired) electrons. The van der Waals surface area contributed by atoms with Gasteiger partial charge in [0.25, 0.3) is 11.5 Å². The molecule has 3 aliphatic rings. The average Bonchev–Trinajstić information content (AvgIpc) is 3.87. The van der Waals surface area contributed by atoms with Crippen LogP contribution in [0, 0.1) is 11.7 Å². The number of halogens is 1. The lowest BCUT2D eigenvalue weighted by Crippen LogP contribution is -2.62. The van der Waals surface area contributed by atoms with E-state index in [-0.39, 0.29) is 23.4 Å². The molecule has 4 heterocycles. The van der Waals surface area contributed by atoms with Gasteiger partial charge >= 0.3 is 11.8 Å². The van der Waals surface area contributed by atoms with Crippen LogP contribution >= 0.6 is 0 Å². The molecule has 1 saturated carbocycles. The van der Waals surface area contributed by atoms with Gasteiger partial charge in [-0.15, -0.1) is 0 Å². The highest BCUT2D eigenvalue weighted by molar-refractivity contribution is 6.03. The van der Waals surface area contributed by atoms with Crippen LogP contribution in [0.25, 0.3) is 5.69 Å². The van der Waals surface area contributed by atoms with Crippen molar-refractivity contribution in [1.82, 2.24) is 28.9 Å². The molecule has 14 heteroatoms. The smallest absolute Gasteiger partial charge is 0.410 e. The summed E-state index contributed by atoms with van der Waals surface area (Å²) in [5.41, 5.74) is 0.256. The number of hydrogen-bond acceptors (Lipinski definition) is 9. The zero-order valence-electron chi connectivity index (χ0n) is 28.1. The van der Waals surface area contributed by atoms with Crippen molar-refractivity contribution in [3.8, 4) is 17.3 Å². The van der Waals surface area contributed by atoms with E-state index >= 15 is 0 Å². The predicted molar refractivity (Wildman–Crippen MR) is 181 cm³/mol. The molecule has 2 amide bonds. The van der Waals surface area contributed by atoms with Crippen LogP contribution in [0.4, 0.5) is 14.9 Å². The molecule has 1 N–H and O–H groups in total. The largest absolute Gasteiger partial charge is 0.444 e. The molecule has 13 nitrogen and oxygen atoms in total. The Morgan fingerprint density at radius 2 is 1.72 bits per heavy atom. The van der Waals surface area contributed by atoms with Crippen molar-refractivity contribution in [3.63, 3.8) is 0 Å². The molecule has 0 atom stereocenters. The number of nitrogens with one attached hydrogen (secondary N) is 1. The summed E-state index contributed by atoms with van der Waals surface area (Å²) in [4.78, 5) is 65.4. The number of aromatic nitrogens is 4. The Hall–Kier alpha value is -5.37. The highest BCUT2D eigenvalue weighted by Gasteiger charge is 2.38. The molecule has 1 aliphatic carbocycles. The molecular weight excluding hydrogens is 645 g/mol. The third-order valence-electron chi connectivity index (χ3n) is 8.99. The van der Waals surface area contributed by atoms with Gasteiger partial charge < -0.3 is 19.7 Å². The standard InChI is InChI=1S/C36H38FN7O6/c1-36(2,3)50-35(48)43-17-26(18-43)41-15-14-28-30(20-41)38-21-39-32(28)49-27-12-8-24(9-13-27)40-31(45)29-19-42(16-22-4-5-22)34(47)44(33(29)46)25-10-6-23(37)7-11-25/h6-13,19,21-22,26H,4-5,14-18,20H2,1-3H3,(H,40,45). The summed E-state index contributed by atoms with van der Waals surface area (Å²) in [5, 5.41) is 2.74. The fraction of sp³-hybridized carbons (Fsp3) is 0.389. The number of benzene rings is 2. The Morgan fingerprint density at radius 3 is 2.40 bits per heavy atom. The topological polar surface area (TPSA) is 141 Å². The van der Waals surface area contributed by atoms with Gasteiger partial charge in [0.05, 0.1) is 11.4 Å². The van der Waals surface area contributed by atoms with Crippen LogP contribution in [0.1, 0.15) is 55.2 Å². The van der Waals surface area contributed by atoms with Gasteiger partial charge in [0.2, 0.25) is 5.88 Å². The minimum absolute atomic E-state index is 0.176. The van der Waals surface area contributed by atoms with Crippen molar-refractivity contribution in [2.24, 2.45) is 5.92 Å². The number of fused-ring (bicyclic) bond motifs is 1. The fourth-order valence-corrected chi connectivity index (χ4v) is 6.11. The third-order valence-corrected chi connectivity index (χ3v) is 8.99. The van der Waals surface area contributed by atoms with Crippen LogP contribution < -0.4 is 21.3 Å². The molecule has 50 heavy (non-hydrogen) atoms. The first-order chi connectivity index (χ1) is 23.9. The summed E-state index contributed by atoms with van der Waals surface area (Å²) in [5.74, 6) is 0.0595. The van der Waals surface area contributed by atoms with E-state index in [1.165, 1.54) is 29.2 Å². The maximum Gasteiger partial charge on any atom is 0.410 e. The third kappa shape index (κ3) is 7.15. The normalized spacial score (nSPS) is 16.4. The first-order valence-corrected chi connectivity index (χ1v) is 16.7. The second kappa shape index (κ2) is 13.2. The number of carbonyl (C=O) groups excluding carboxylic acids is 2. The Balaban J connectivity index is 1.01. The van der Waals surface area contributed by atoms with Crippen LogP contribution in [-0.4, -0.2) is 72.2 Å². The summed E-state index contributed by atoms with van der Waals surface area (Å²) < 4.78 is 27.5. The van der Waals surface area contributed by atoms with Crippen molar-refractivity contribution >= 4 is 17.7 Å². The van der Waals surface area contributed by atoms with E-state index < -0.39 is 28.6 Å². The lowest BCUT2D eigenvalue weighted by Gasteiger charge is -2.46. The van der Waals surface area contributed by atoms with Crippen LogP contribution in [0.2, 0.25) is 0 Å². The van der Waals surface area contributed by atoms with Crippen molar-refractivity contribution in [2.75, 3.05) is 25.0 Å². The summed E-state index contributed by atoms with van der Waals surface area (Å²) >= 11 is 0. The number of likely N-dealkylation sites (tertiary alicyclic amines) is 1. The van der Waals surface area contributed by atoms with Crippen molar-refractivity contribution in [1.29, 1.82) is 0 Å². The SMILES string of the molecule is CC(C)(C)OC(=O)N1CC(N2CCc3c(ncnc3Oc3ccc(NC(=O)c4cn(CC5CC5)c(=O)n(-c5ccc(F)cc5)c4=O)cc3)C2)C1. The number of carbonyl (C=O) groups is 2. The van der Waals surface area contributed by atoms with Crippen LogP contribution in [0.15, 0.2) is 70.6 Å². The molecule has 2 aromatic heterocycles. The Kier molecular flexibility index (Phi) is 8.72. The second-order valence-electron chi connectivity index (χ2n) is 14.0. The molecule has 2 aromatic carbocycles. The van der Waals surface area contributed by atoms with E-state index in [1.807, 2.05) is 20.8 Å². The average molecular weight is 684 g/mol. The van der Waals surface area contributed by atoms with Gasteiger partial charge in [-0.3, -0.25) is 19.1 Å². The van der Waals surface area contributed by atoms with Crippen LogP contribution in [0.3, 0.4) is 0 Å². The molecule has 4 aromatic rings. The van der Waals surface area contributed by atoms with Crippen LogP contribution in [0.5, 0.6) is 11.6 Å². The van der Waals surface area contributed by atoms with E-state index in [1.54, 1.807) is 29.2 Å². The highest BCUT2D eigenvalue weighted by Crippen LogP contribution is 2.32. The van der Waals surface area contributed by atoms with Gasteiger partial charge in [-0.2, -0.15) is 0 Å². The number of ether oxygens (including phenoxy) is 2. The molecule has 260 valence electrons. The van der Waals surface area contributed by atoms with Gasteiger partial charge in [0, 0.05) is 56.2 Å². The summed E-state index contributed by atoms with van der Waals surface area (Å²) in [6.07, 6.45) is 5.09. The maximum atomic E-state index is 13.6. The monoisotopic (exact) mass is 683 g/mol. The highest BCUT2D eigenvalue weighted by atomic mass is 19.1. The number of hydrogen-bond donors (Lipinski definition) is 1. The van der Waals surface area contributed by atoms with E-state index in [0.29, 0.717) is 55.8 Å². The molecule has 2 aliphatic heterocycles. The number of anilines is 1. The van der Waals surface area contributed by atoms with Crippen LogP contribution in [-0.2, 0) is 24.2 Å². The zero-order chi connectivity index (χ0) is 35.2. The first-order valence-electron chi connectivity index (χ1n) is 16.7. The lowest BCUT2D eigenvalue weighted by atomic mass is 10.0. The summed E-state index contributed by atoms with van der Waals surface area (Å²) in [6, 6.07) is 11.9. The molecule has 2 fully saturated rings. The van der Waals surface area contributed by atoms with E-state index in [9.17, 15) is 23.6 Å². The maximum absolute atomic E-state index is 13.6. The summed E-state index contributed by atoms with van der Waals surface area (Å²) in [7, 11) is 0. The number of amides is 2. The Morgan fingerprint density at radius 1 is 1.00 bits per heavy atom. The first kappa shape index (κ1) is 33.1. The van der Waals surface area contributed by atoms with Crippen molar-refractivity contribution in [2.45, 2.75) is 64.8 Å². The number of rotatable bonds is 8. The molecular formula is C36H38FN7O6. The van der Waals surface area contributed by atoms with E-state index in [0.717, 1.165) is 47.3 Å². The Bertz CT molecular complexity index is 2050. The molecule has 0 spiro atoms. The van der Waals surface area contributed by atoms with Gasteiger partial charge in [-0.05, 0) is 94.5 Å². The minimum atomic E-state index is -0.795. The number of nitrogens with zero attached hydrogens (tertiary/aromatic N) is 6. The van der Waals surface area contributed by atoms with Gasteiger partial charge in [0.1, 0.15) is 29.1 Å². The van der Waals surface area contributed by atoms with E-state index in [4.69, 9.17) is 9.47 Å². The molecule has 7 rings (SSSR count).